The van der Waals surface area contributed by atoms with Crippen molar-refractivity contribution in [1.82, 2.24) is 10.2 Å². The van der Waals surface area contributed by atoms with E-state index in [9.17, 15) is 0 Å². The van der Waals surface area contributed by atoms with E-state index < -0.39 is 0 Å². The lowest BCUT2D eigenvalue weighted by molar-refractivity contribution is 0.201. The van der Waals surface area contributed by atoms with Crippen molar-refractivity contribution in [1.29, 1.82) is 0 Å². The molecule has 1 aromatic rings. The molecule has 0 saturated carbocycles. The van der Waals surface area contributed by atoms with Gasteiger partial charge in [0.25, 0.3) is 0 Å². The van der Waals surface area contributed by atoms with E-state index in [4.69, 9.17) is 5.73 Å². The number of piperazine rings is 1. The Morgan fingerprint density at radius 3 is 2.30 bits per heavy atom. The topological polar surface area (TPSA) is 56.9 Å². The van der Waals surface area contributed by atoms with Crippen LogP contribution < -0.4 is 16.0 Å². The fourth-order valence-electron chi connectivity index (χ4n) is 2.75. The van der Waals surface area contributed by atoms with E-state index >= 15 is 0 Å². The molecule has 2 rings (SSSR count). The lowest BCUT2D eigenvalue weighted by Crippen LogP contribution is -2.50. The number of aliphatic imine (C=N–C) groups is 1. The molecule has 0 aliphatic carbocycles. The van der Waals surface area contributed by atoms with Crippen LogP contribution in [0.15, 0.2) is 35.3 Å². The second kappa shape index (κ2) is 9.97. The average molecular weight is 431 g/mol. The molecule has 1 fully saturated rings. The molecule has 1 heterocycles. The third-order valence-corrected chi connectivity index (χ3v) is 4.02. The molecule has 0 spiro atoms. The number of hydrogen-bond acceptors (Lipinski definition) is 3. The largest absolute Gasteiger partial charge is 0.370 e. The van der Waals surface area contributed by atoms with Gasteiger partial charge in [0, 0.05) is 44.0 Å². The molecule has 1 unspecified atom stereocenters. The van der Waals surface area contributed by atoms with Crippen molar-refractivity contribution in [3.05, 3.63) is 30.3 Å². The zero-order valence-corrected chi connectivity index (χ0v) is 16.7. The molecular formula is C17H30IN5. The minimum Gasteiger partial charge on any atom is -0.370 e. The van der Waals surface area contributed by atoms with Crippen molar-refractivity contribution < 1.29 is 0 Å². The van der Waals surface area contributed by atoms with E-state index in [0.717, 1.165) is 32.7 Å². The number of benzene rings is 1. The predicted molar refractivity (Wildman–Crippen MR) is 110 cm³/mol. The Balaban J connectivity index is 0.00000264. The van der Waals surface area contributed by atoms with Crippen LogP contribution in [0.25, 0.3) is 0 Å². The summed E-state index contributed by atoms with van der Waals surface area (Å²) in [4.78, 5) is 9.38. The summed E-state index contributed by atoms with van der Waals surface area (Å²) in [5.41, 5.74) is 7.18. The number of nitrogens with one attached hydrogen (secondary N) is 1. The van der Waals surface area contributed by atoms with Crippen molar-refractivity contribution in [2.24, 2.45) is 10.7 Å². The van der Waals surface area contributed by atoms with Gasteiger partial charge in [-0.2, -0.15) is 0 Å². The highest BCUT2D eigenvalue weighted by atomic mass is 127. The molecular weight excluding hydrogens is 401 g/mol. The Morgan fingerprint density at radius 2 is 1.74 bits per heavy atom. The summed E-state index contributed by atoms with van der Waals surface area (Å²) in [7, 11) is 0. The number of guanidine groups is 1. The van der Waals surface area contributed by atoms with Crippen molar-refractivity contribution in [2.45, 2.75) is 32.9 Å². The van der Waals surface area contributed by atoms with Gasteiger partial charge in [-0.3, -0.25) is 9.89 Å². The molecule has 1 aromatic carbocycles. The molecule has 1 aliphatic heterocycles. The Morgan fingerprint density at radius 1 is 1.13 bits per heavy atom. The van der Waals surface area contributed by atoms with Crippen LogP contribution in [0.4, 0.5) is 5.69 Å². The lowest BCUT2D eigenvalue weighted by atomic mass is 10.2. The Kier molecular flexibility index (Phi) is 8.68. The van der Waals surface area contributed by atoms with E-state index in [1.807, 2.05) is 0 Å². The van der Waals surface area contributed by atoms with Crippen molar-refractivity contribution in [2.75, 3.05) is 37.6 Å². The Labute approximate surface area is 157 Å². The molecule has 0 amide bonds. The SMILES string of the molecule is CC(C)NC(N)=NCC(C)N1CCN(c2ccccc2)CC1.I. The summed E-state index contributed by atoms with van der Waals surface area (Å²) < 4.78 is 0. The van der Waals surface area contributed by atoms with Crippen LogP contribution in [0, 0.1) is 0 Å². The van der Waals surface area contributed by atoms with E-state index in [1.165, 1.54) is 5.69 Å². The average Bonchev–Trinajstić information content (AvgIpc) is 2.53. The predicted octanol–water partition coefficient (Wildman–Crippen LogP) is 2.13. The minimum atomic E-state index is 0. The third kappa shape index (κ3) is 6.55. The molecule has 0 bridgehead atoms. The fraction of sp³-hybridized carbons (Fsp3) is 0.588. The summed E-state index contributed by atoms with van der Waals surface area (Å²) in [5, 5.41) is 3.13. The zero-order chi connectivity index (χ0) is 15.9. The highest BCUT2D eigenvalue weighted by Gasteiger charge is 2.20. The number of nitrogens with zero attached hydrogens (tertiary/aromatic N) is 3. The van der Waals surface area contributed by atoms with Crippen LogP contribution in [0.3, 0.4) is 0 Å². The summed E-state index contributed by atoms with van der Waals surface area (Å²) >= 11 is 0. The van der Waals surface area contributed by atoms with Gasteiger partial charge >= 0.3 is 0 Å². The van der Waals surface area contributed by atoms with Crippen LogP contribution in [-0.4, -0.2) is 55.7 Å². The summed E-state index contributed by atoms with van der Waals surface area (Å²) in [5.74, 6) is 0.546. The second-order valence-electron chi connectivity index (χ2n) is 6.23. The highest BCUT2D eigenvalue weighted by molar-refractivity contribution is 14.0. The van der Waals surface area contributed by atoms with E-state index in [2.05, 4.69) is 71.2 Å². The van der Waals surface area contributed by atoms with E-state index in [0.29, 0.717) is 18.0 Å². The molecule has 23 heavy (non-hydrogen) atoms. The smallest absolute Gasteiger partial charge is 0.188 e. The van der Waals surface area contributed by atoms with Crippen LogP contribution in [-0.2, 0) is 0 Å². The lowest BCUT2D eigenvalue weighted by Gasteiger charge is -2.38. The van der Waals surface area contributed by atoms with Gasteiger partial charge in [0.2, 0.25) is 0 Å². The maximum absolute atomic E-state index is 5.86. The third-order valence-electron chi connectivity index (χ3n) is 4.02. The monoisotopic (exact) mass is 431 g/mol. The second-order valence-corrected chi connectivity index (χ2v) is 6.23. The van der Waals surface area contributed by atoms with Gasteiger partial charge in [0.05, 0.1) is 6.54 Å². The number of nitrogens with two attached hydrogens (primary N) is 1. The fourth-order valence-corrected chi connectivity index (χ4v) is 2.75. The van der Waals surface area contributed by atoms with Crippen molar-refractivity contribution in [3.63, 3.8) is 0 Å². The summed E-state index contributed by atoms with van der Waals surface area (Å²) in [6, 6.07) is 11.4. The number of rotatable bonds is 5. The number of hydrogen-bond donors (Lipinski definition) is 2. The molecule has 1 atom stereocenters. The summed E-state index contributed by atoms with van der Waals surface area (Å²) in [6.07, 6.45) is 0. The van der Waals surface area contributed by atoms with Gasteiger partial charge in [-0.05, 0) is 32.9 Å². The number of anilines is 1. The van der Waals surface area contributed by atoms with Gasteiger partial charge in [-0.25, -0.2) is 0 Å². The molecule has 3 N–H and O–H groups in total. The first-order valence-electron chi connectivity index (χ1n) is 8.16. The Hall–Kier alpha value is -1.02. The first kappa shape index (κ1) is 20.0. The van der Waals surface area contributed by atoms with Crippen molar-refractivity contribution in [3.8, 4) is 0 Å². The number of para-hydroxylation sites is 1. The van der Waals surface area contributed by atoms with E-state index in [-0.39, 0.29) is 24.0 Å². The minimum absolute atomic E-state index is 0. The van der Waals surface area contributed by atoms with Crippen LogP contribution in [0.5, 0.6) is 0 Å². The zero-order valence-electron chi connectivity index (χ0n) is 14.4. The van der Waals surface area contributed by atoms with Crippen molar-refractivity contribution >= 4 is 35.6 Å². The molecule has 0 radical (unpaired) electrons. The highest BCUT2D eigenvalue weighted by Crippen LogP contribution is 2.16. The van der Waals surface area contributed by atoms with Gasteiger partial charge < -0.3 is 16.0 Å². The normalized spacial score (nSPS) is 17.7. The molecule has 1 saturated heterocycles. The molecule has 6 heteroatoms. The van der Waals surface area contributed by atoms with Gasteiger partial charge in [-0.1, -0.05) is 18.2 Å². The molecule has 5 nitrogen and oxygen atoms in total. The van der Waals surface area contributed by atoms with Crippen LogP contribution in [0.1, 0.15) is 20.8 Å². The first-order valence-corrected chi connectivity index (χ1v) is 8.16. The molecule has 130 valence electrons. The Bertz CT molecular complexity index is 469. The maximum atomic E-state index is 5.86. The molecule has 0 aromatic heterocycles. The van der Waals surface area contributed by atoms with Gasteiger partial charge in [0.1, 0.15) is 0 Å². The van der Waals surface area contributed by atoms with Crippen LogP contribution >= 0.6 is 24.0 Å². The summed E-state index contributed by atoms with van der Waals surface area (Å²) in [6.45, 7) is 11.4. The van der Waals surface area contributed by atoms with Gasteiger partial charge in [0.15, 0.2) is 5.96 Å². The standard InChI is InChI=1S/C17H29N5.HI/c1-14(2)20-17(18)19-13-15(3)21-9-11-22(12-10-21)16-7-5-4-6-8-16;/h4-8,14-15H,9-13H2,1-3H3,(H3,18,19,20);1H. The van der Waals surface area contributed by atoms with Gasteiger partial charge in [-0.15, -0.1) is 24.0 Å². The van der Waals surface area contributed by atoms with Crippen LogP contribution in [0.2, 0.25) is 0 Å². The maximum Gasteiger partial charge on any atom is 0.188 e. The first-order chi connectivity index (χ1) is 10.6. The van der Waals surface area contributed by atoms with E-state index in [1.54, 1.807) is 0 Å². The molecule has 1 aliphatic rings. The quantitative estimate of drug-likeness (QED) is 0.426. The number of halogens is 1.